The molecule has 0 spiro atoms. The van der Waals surface area contributed by atoms with Crippen LogP contribution in [0, 0.1) is 0 Å². The summed E-state index contributed by atoms with van der Waals surface area (Å²) in [5.74, 6) is 0.382. The molecule has 0 unspecified atom stereocenters. The lowest BCUT2D eigenvalue weighted by atomic mass is 10.1. The number of benzene rings is 2. The molecule has 1 amide bonds. The van der Waals surface area contributed by atoms with Gasteiger partial charge in [-0.2, -0.15) is 0 Å². The molecule has 124 valence electrons. The molecule has 0 atom stereocenters. The molecule has 0 bridgehead atoms. The minimum atomic E-state index is -0.0101. The first-order valence-electron chi connectivity index (χ1n) is 7.78. The number of nitrogens with one attached hydrogen (secondary N) is 1. The number of anilines is 1. The molecule has 0 aliphatic rings. The summed E-state index contributed by atoms with van der Waals surface area (Å²) in [7, 11) is 0. The fourth-order valence-electron chi connectivity index (χ4n) is 2.45. The van der Waals surface area contributed by atoms with E-state index in [-0.39, 0.29) is 5.91 Å². The molecular formula is C19H15N3OS2. The highest BCUT2D eigenvalue weighted by Crippen LogP contribution is 2.23. The Labute approximate surface area is 153 Å². The van der Waals surface area contributed by atoms with Gasteiger partial charge in [-0.3, -0.25) is 9.20 Å². The minimum Gasteiger partial charge on any atom is -0.325 e. The molecule has 2 heterocycles. The molecule has 0 saturated heterocycles. The Morgan fingerprint density at radius 2 is 1.92 bits per heavy atom. The summed E-state index contributed by atoms with van der Waals surface area (Å²) >= 11 is 3.14. The van der Waals surface area contributed by atoms with Crippen molar-refractivity contribution in [3.8, 4) is 11.3 Å². The summed E-state index contributed by atoms with van der Waals surface area (Å²) in [6.45, 7) is 0. The molecule has 6 heteroatoms. The lowest BCUT2D eigenvalue weighted by Gasteiger charge is -2.06. The van der Waals surface area contributed by atoms with Crippen molar-refractivity contribution in [2.75, 3.05) is 11.1 Å². The predicted molar refractivity (Wildman–Crippen MR) is 104 cm³/mol. The maximum atomic E-state index is 12.1. The van der Waals surface area contributed by atoms with Crippen LogP contribution in [-0.4, -0.2) is 21.0 Å². The summed E-state index contributed by atoms with van der Waals surface area (Å²) in [5, 5.41) is 4.94. The molecule has 0 aliphatic heterocycles. The number of thioether (sulfide) groups is 1. The number of hydrogen-bond donors (Lipinski definition) is 1. The predicted octanol–water partition coefficient (Wildman–Crippen LogP) is 4.79. The van der Waals surface area contributed by atoms with Gasteiger partial charge in [0.2, 0.25) is 5.91 Å². The Morgan fingerprint density at radius 3 is 2.68 bits per heavy atom. The zero-order chi connectivity index (χ0) is 17.1. The van der Waals surface area contributed by atoms with Crippen LogP contribution >= 0.6 is 23.1 Å². The van der Waals surface area contributed by atoms with Gasteiger partial charge in [0.15, 0.2) is 4.96 Å². The highest BCUT2D eigenvalue weighted by molar-refractivity contribution is 8.00. The minimum absolute atomic E-state index is 0.0101. The molecule has 4 aromatic rings. The second kappa shape index (κ2) is 7.13. The number of fused-ring (bicyclic) bond motifs is 1. The highest BCUT2D eigenvalue weighted by Gasteiger charge is 2.07. The fourth-order valence-corrected chi connectivity index (χ4v) is 3.87. The van der Waals surface area contributed by atoms with Crippen molar-refractivity contribution in [1.82, 2.24) is 9.38 Å². The van der Waals surface area contributed by atoms with Gasteiger partial charge in [-0.25, -0.2) is 4.98 Å². The fraction of sp³-hybridized carbons (Fsp3) is 0.0526. The maximum absolute atomic E-state index is 12.1. The van der Waals surface area contributed by atoms with Crippen LogP contribution in [0.2, 0.25) is 0 Å². The van der Waals surface area contributed by atoms with E-state index in [2.05, 4.69) is 10.3 Å². The van der Waals surface area contributed by atoms with Gasteiger partial charge in [-0.05, 0) is 24.3 Å². The van der Waals surface area contributed by atoms with E-state index < -0.39 is 0 Å². The molecule has 0 saturated carbocycles. The molecule has 25 heavy (non-hydrogen) atoms. The summed E-state index contributed by atoms with van der Waals surface area (Å²) < 4.78 is 2.01. The SMILES string of the molecule is O=C(CSc1ccccc1)Nc1ccc(-c2cn3ccsc3n2)cc1. The topological polar surface area (TPSA) is 46.4 Å². The number of hydrogen-bond acceptors (Lipinski definition) is 4. The number of aromatic nitrogens is 2. The van der Waals surface area contributed by atoms with Crippen LogP contribution < -0.4 is 5.32 Å². The lowest BCUT2D eigenvalue weighted by Crippen LogP contribution is -2.13. The van der Waals surface area contributed by atoms with Crippen molar-refractivity contribution < 1.29 is 4.79 Å². The third-order valence-electron chi connectivity index (χ3n) is 3.67. The van der Waals surface area contributed by atoms with Crippen LogP contribution in [-0.2, 0) is 4.79 Å². The van der Waals surface area contributed by atoms with Crippen LogP contribution in [0.1, 0.15) is 0 Å². The van der Waals surface area contributed by atoms with Crippen LogP contribution in [0.3, 0.4) is 0 Å². The van der Waals surface area contributed by atoms with E-state index in [1.165, 1.54) is 11.8 Å². The van der Waals surface area contributed by atoms with Gasteiger partial charge < -0.3 is 5.32 Å². The third kappa shape index (κ3) is 3.75. The van der Waals surface area contributed by atoms with Crippen molar-refractivity contribution in [1.29, 1.82) is 0 Å². The number of nitrogens with zero attached hydrogens (tertiary/aromatic N) is 2. The van der Waals surface area contributed by atoms with Crippen LogP contribution in [0.5, 0.6) is 0 Å². The van der Waals surface area contributed by atoms with Gasteiger partial charge in [0.05, 0.1) is 11.4 Å². The first-order valence-corrected chi connectivity index (χ1v) is 9.65. The van der Waals surface area contributed by atoms with Crippen LogP contribution in [0.15, 0.2) is 77.3 Å². The number of thiazole rings is 1. The second-order valence-electron chi connectivity index (χ2n) is 5.45. The van der Waals surface area contributed by atoms with Gasteiger partial charge >= 0.3 is 0 Å². The molecule has 0 aliphatic carbocycles. The monoisotopic (exact) mass is 365 g/mol. The van der Waals surface area contributed by atoms with Crippen LogP contribution in [0.25, 0.3) is 16.2 Å². The average molecular weight is 365 g/mol. The quantitative estimate of drug-likeness (QED) is 0.517. The smallest absolute Gasteiger partial charge is 0.234 e. The number of amides is 1. The van der Waals surface area contributed by atoms with Gasteiger partial charge in [-0.1, -0.05) is 30.3 Å². The molecular weight excluding hydrogens is 350 g/mol. The largest absolute Gasteiger partial charge is 0.325 e. The van der Waals surface area contributed by atoms with E-state index >= 15 is 0 Å². The zero-order valence-electron chi connectivity index (χ0n) is 13.3. The van der Waals surface area contributed by atoms with Crippen molar-refractivity contribution in [3.05, 3.63) is 72.4 Å². The molecule has 0 radical (unpaired) electrons. The van der Waals surface area contributed by atoms with Crippen molar-refractivity contribution in [3.63, 3.8) is 0 Å². The number of rotatable bonds is 5. The van der Waals surface area contributed by atoms with E-state index in [1.807, 2.05) is 76.8 Å². The lowest BCUT2D eigenvalue weighted by molar-refractivity contribution is -0.113. The highest BCUT2D eigenvalue weighted by atomic mass is 32.2. The normalized spacial score (nSPS) is 10.9. The molecule has 2 aromatic carbocycles. The summed E-state index contributed by atoms with van der Waals surface area (Å²) in [4.78, 5) is 18.7. The Hall–Kier alpha value is -2.57. The number of carbonyl (C=O) groups excluding carboxylic acids is 1. The van der Waals surface area contributed by atoms with Crippen molar-refractivity contribution >= 4 is 39.7 Å². The van der Waals surface area contributed by atoms with Gasteiger partial charge in [0.25, 0.3) is 0 Å². The zero-order valence-corrected chi connectivity index (χ0v) is 14.9. The summed E-state index contributed by atoms with van der Waals surface area (Å²) in [6, 6.07) is 17.7. The van der Waals surface area contributed by atoms with Gasteiger partial charge in [0, 0.05) is 33.9 Å². The van der Waals surface area contributed by atoms with E-state index in [0.717, 1.165) is 26.8 Å². The Balaban J connectivity index is 1.38. The molecule has 4 nitrogen and oxygen atoms in total. The Morgan fingerprint density at radius 1 is 1.12 bits per heavy atom. The van der Waals surface area contributed by atoms with E-state index in [0.29, 0.717) is 5.75 Å². The summed E-state index contributed by atoms with van der Waals surface area (Å²) in [6.07, 6.45) is 4.01. The van der Waals surface area contributed by atoms with E-state index in [9.17, 15) is 4.79 Å². The molecule has 0 fully saturated rings. The number of imidazole rings is 1. The first-order chi connectivity index (χ1) is 12.3. The first kappa shape index (κ1) is 15.9. The maximum Gasteiger partial charge on any atom is 0.234 e. The second-order valence-corrected chi connectivity index (χ2v) is 7.37. The molecule has 2 aromatic heterocycles. The van der Waals surface area contributed by atoms with E-state index in [1.54, 1.807) is 11.3 Å². The van der Waals surface area contributed by atoms with Gasteiger partial charge in [0.1, 0.15) is 0 Å². The third-order valence-corrected chi connectivity index (χ3v) is 5.45. The standard InChI is InChI=1S/C19H15N3OS2/c23-18(13-25-16-4-2-1-3-5-16)20-15-8-6-14(7-9-15)17-12-22-10-11-24-19(22)21-17/h1-12H,13H2,(H,20,23). The van der Waals surface area contributed by atoms with Crippen molar-refractivity contribution in [2.24, 2.45) is 0 Å². The van der Waals surface area contributed by atoms with Crippen LogP contribution in [0.4, 0.5) is 5.69 Å². The Bertz CT molecular complexity index is 962. The average Bonchev–Trinajstić information content (AvgIpc) is 3.24. The van der Waals surface area contributed by atoms with Crippen molar-refractivity contribution in [2.45, 2.75) is 4.90 Å². The summed E-state index contributed by atoms with van der Waals surface area (Å²) in [5.41, 5.74) is 2.76. The number of carbonyl (C=O) groups is 1. The molecule has 4 rings (SSSR count). The van der Waals surface area contributed by atoms with Gasteiger partial charge in [-0.15, -0.1) is 23.1 Å². The van der Waals surface area contributed by atoms with E-state index in [4.69, 9.17) is 0 Å². The molecule has 1 N–H and O–H groups in total. The Kier molecular flexibility index (Phi) is 4.54.